The van der Waals surface area contributed by atoms with Gasteiger partial charge in [0.15, 0.2) is 5.82 Å². The Kier molecular flexibility index (Phi) is 6.56. The Morgan fingerprint density at radius 3 is 2.39 bits per heavy atom. The number of fused-ring (bicyclic) bond motifs is 1. The Balaban J connectivity index is 1.73. The number of thioether (sulfide) groups is 1. The zero-order chi connectivity index (χ0) is 21.8. The maximum absolute atomic E-state index is 13.6. The third-order valence-electron chi connectivity index (χ3n) is 5.24. The van der Waals surface area contributed by atoms with Gasteiger partial charge in [-0.1, -0.05) is 68.1 Å². The van der Waals surface area contributed by atoms with Gasteiger partial charge in [-0.15, -0.1) is 10.2 Å². The lowest BCUT2D eigenvalue weighted by molar-refractivity contribution is -0.131. The molecule has 1 aromatic heterocycles. The first kappa shape index (κ1) is 21.4. The van der Waals surface area contributed by atoms with Gasteiger partial charge in [0.25, 0.3) is 0 Å². The summed E-state index contributed by atoms with van der Waals surface area (Å²) < 4.78 is 15.4. The van der Waals surface area contributed by atoms with E-state index in [9.17, 15) is 9.18 Å². The Hall–Kier alpha value is -2.87. The summed E-state index contributed by atoms with van der Waals surface area (Å²) in [6.07, 6.45) is 1.79. The highest BCUT2D eigenvalue weighted by molar-refractivity contribution is 8.00. The Labute approximate surface area is 185 Å². The van der Waals surface area contributed by atoms with Crippen molar-refractivity contribution in [2.45, 2.75) is 43.1 Å². The van der Waals surface area contributed by atoms with Gasteiger partial charge in [-0.2, -0.15) is 0 Å². The lowest BCUT2D eigenvalue weighted by Gasteiger charge is -2.36. The highest BCUT2D eigenvalue weighted by Gasteiger charge is 2.39. The number of rotatable bonds is 7. The van der Waals surface area contributed by atoms with Crippen LogP contribution in [0.5, 0.6) is 0 Å². The monoisotopic (exact) mass is 439 g/mol. The number of halogens is 1. The van der Waals surface area contributed by atoms with Crippen molar-refractivity contribution in [2.75, 3.05) is 18.5 Å². The summed E-state index contributed by atoms with van der Waals surface area (Å²) in [5.41, 5.74) is 5.22. The first-order valence-corrected chi connectivity index (χ1v) is 11.5. The fraction of sp³-hybridized carbons (Fsp3) is 0.348. The number of nitrogens with zero attached hydrogens (tertiary/aromatic N) is 4. The molecule has 2 aromatic carbocycles. The lowest BCUT2D eigenvalue weighted by atomic mass is 10.0. The van der Waals surface area contributed by atoms with Crippen LogP contribution >= 0.6 is 11.8 Å². The molecule has 0 radical (unpaired) electrons. The van der Waals surface area contributed by atoms with Crippen LogP contribution in [-0.4, -0.2) is 44.0 Å². The molecule has 0 unspecified atom stereocenters. The predicted molar refractivity (Wildman–Crippen MR) is 121 cm³/mol. The van der Waals surface area contributed by atoms with Crippen LogP contribution in [0, 0.1) is 5.82 Å². The van der Waals surface area contributed by atoms with E-state index in [1.165, 1.54) is 23.9 Å². The van der Waals surface area contributed by atoms with E-state index in [0.717, 1.165) is 24.0 Å². The maximum Gasteiger partial charge on any atom is 0.238 e. The van der Waals surface area contributed by atoms with E-state index in [1.54, 1.807) is 12.1 Å². The van der Waals surface area contributed by atoms with Crippen LogP contribution in [-0.2, 0) is 4.79 Å². The molecule has 6 nitrogen and oxygen atoms in total. The largest absolute Gasteiger partial charge is 0.342 e. The number of carbonyl (C=O) groups is 1. The molecule has 0 fully saturated rings. The lowest BCUT2D eigenvalue weighted by Crippen LogP contribution is -2.46. The number of aromatic nitrogens is 3. The van der Waals surface area contributed by atoms with Gasteiger partial charge in [-0.3, -0.25) is 4.79 Å². The second-order valence-electron chi connectivity index (χ2n) is 7.53. The molecule has 31 heavy (non-hydrogen) atoms. The van der Waals surface area contributed by atoms with Crippen LogP contribution in [0.4, 0.5) is 4.39 Å². The van der Waals surface area contributed by atoms with Gasteiger partial charge in [0.1, 0.15) is 11.1 Å². The van der Waals surface area contributed by atoms with Crippen molar-refractivity contribution in [1.82, 2.24) is 19.8 Å². The summed E-state index contributed by atoms with van der Waals surface area (Å²) in [6.45, 7) is 5.56. The second-order valence-corrected chi connectivity index (χ2v) is 8.64. The molecule has 0 spiro atoms. The Morgan fingerprint density at radius 2 is 1.74 bits per heavy atom. The number of hydrogen-bond donors (Lipinski definition) is 1. The van der Waals surface area contributed by atoms with Crippen LogP contribution < -0.4 is 5.43 Å². The smallest absolute Gasteiger partial charge is 0.238 e. The molecular weight excluding hydrogens is 413 g/mol. The average Bonchev–Trinajstić information content (AvgIpc) is 3.22. The van der Waals surface area contributed by atoms with E-state index in [1.807, 2.05) is 39.9 Å². The SMILES string of the molecule is CCCN(CCC)C(=O)[C@@H]1Sc2nnc(-c3ccccc3)n2N[C@@H]1c1ccc(F)cc1. The van der Waals surface area contributed by atoms with Crippen molar-refractivity contribution < 1.29 is 9.18 Å². The molecule has 0 saturated carbocycles. The fourth-order valence-electron chi connectivity index (χ4n) is 3.79. The molecule has 1 amide bonds. The number of nitrogens with one attached hydrogen (secondary N) is 1. The van der Waals surface area contributed by atoms with Gasteiger partial charge in [0.2, 0.25) is 11.1 Å². The zero-order valence-electron chi connectivity index (χ0n) is 17.7. The predicted octanol–water partition coefficient (Wildman–Crippen LogP) is 4.49. The first-order valence-electron chi connectivity index (χ1n) is 10.6. The summed E-state index contributed by atoms with van der Waals surface area (Å²) in [5.74, 6) is 0.440. The molecular formula is C23H26FN5OS. The summed E-state index contributed by atoms with van der Waals surface area (Å²) in [4.78, 5) is 15.5. The molecule has 1 aliphatic heterocycles. The Morgan fingerprint density at radius 1 is 1.06 bits per heavy atom. The summed E-state index contributed by atoms with van der Waals surface area (Å²) in [5, 5.41) is 8.92. The highest BCUT2D eigenvalue weighted by Crippen LogP contribution is 2.39. The minimum Gasteiger partial charge on any atom is -0.342 e. The number of benzene rings is 2. The van der Waals surface area contributed by atoms with E-state index in [0.29, 0.717) is 24.1 Å². The van der Waals surface area contributed by atoms with E-state index in [2.05, 4.69) is 29.5 Å². The molecule has 1 N–H and O–H groups in total. The van der Waals surface area contributed by atoms with Gasteiger partial charge in [-0.25, -0.2) is 9.07 Å². The molecule has 0 bridgehead atoms. The van der Waals surface area contributed by atoms with Gasteiger partial charge >= 0.3 is 0 Å². The second kappa shape index (κ2) is 9.51. The molecule has 1 aliphatic rings. The van der Waals surface area contributed by atoms with Gasteiger partial charge in [0, 0.05) is 18.7 Å². The van der Waals surface area contributed by atoms with Gasteiger partial charge in [0.05, 0.1) is 6.04 Å². The number of amides is 1. The van der Waals surface area contributed by atoms with Crippen molar-refractivity contribution in [3.8, 4) is 11.4 Å². The zero-order valence-corrected chi connectivity index (χ0v) is 18.5. The molecule has 3 aromatic rings. The fourth-order valence-corrected chi connectivity index (χ4v) is 4.95. The molecule has 2 heterocycles. The van der Waals surface area contributed by atoms with Crippen molar-refractivity contribution in [1.29, 1.82) is 0 Å². The number of carbonyl (C=O) groups excluding carboxylic acids is 1. The molecule has 4 rings (SSSR count). The van der Waals surface area contributed by atoms with Crippen molar-refractivity contribution in [3.63, 3.8) is 0 Å². The maximum atomic E-state index is 13.6. The third-order valence-corrected chi connectivity index (χ3v) is 6.44. The summed E-state index contributed by atoms with van der Waals surface area (Å²) >= 11 is 1.41. The summed E-state index contributed by atoms with van der Waals surface area (Å²) in [7, 11) is 0. The van der Waals surface area contributed by atoms with Crippen molar-refractivity contribution in [2.24, 2.45) is 0 Å². The van der Waals surface area contributed by atoms with Crippen LogP contribution in [0.1, 0.15) is 38.3 Å². The third kappa shape index (κ3) is 4.44. The number of hydrogen-bond acceptors (Lipinski definition) is 5. The molecule has 8 heteroatoms. The first-order chi connectivity index (χ1) is 15.1. The highest BCUT2D eigenvalue weighted by atomic mass is 32.2. The quantitative estimate of drug-likeness (QED) is 0.588. The van der Waals surface area contributed by atoms with Gasteiger partial charge < -0.3 is 10.3 Å². The normalized spacial score (nSPS) is 17.6. The Bertz CT molecular complexity index is 1020. The van der Waals surface area contributed by atoms with E-state index >= 15 is 0 Å². The van der Waals surface area contributed by atoms with Crippen molar-refractivity contribution in [3.05, 3.63) is 66.0 Å². The molecule has 0 saturated heterocycles. The minimum atomic E-state index is -0.427. The van der Waals surface area contributed by atoms with E-state index < -0.39 is 5.25 Å². The van der Waals surface area contributed by atoms with Crippen molar-refractivity contribution >= 4 is 17.7 Å². The standard InChI is InChI=1S/C23H26FN5OS/c1-3-14-28(15-4-2)22(30)20-19(16-10-12-18(24)13-11-16)27-29-21(25-26-23(29)31-20)17-8-6-5-7-9-17/h5-13,19-20,27H,3-4,14-15H2,1-2H3/t19-,20-/m1/s1. The average molecular weight is 440 g/mol. The van der Waals surface area contributed by atoms with Crippen LogP contribution in [0.25, 0.3) is 11.4 Å². The van der Waals surface area contributed by atoms with Gasteiger partial charge in [-0.05, 0) is 30.5 Å². The minimum absolute atomic E-state index is 0.0611. The summed E-state index contributed by atoms with van der Waals surface area (Å²) in [6, 6.07) is 15.8. The van der Waals surface area contributed by atoms with Crippen LogP contribution in [0.2, 0.25) is 0 Å². The topological polar surface area (TPSA) is 63.1 Å². The molecule has 162 valence electrons. The molecule has 0 aliphatic carbocycles. The van der Waals surface area contributed by atoms with E-state index in [4.69, 9.17) is 0 Å². The van der Waals surface area contributed by atoms with Crippen LogP contribution in [0.3, 0.4) is 0 Å². The van der Waals surface area contributed by atoms with E-state index in [-0.39, 0.29) is 17.8 Å². The van der Waals surface area contributed by atoms with Crippen LogP contribution in [0.15, 0.2) is 59.8 Å². The molecule has 2 atom stereocenters.